The summed E-state index contributed by atoms with van der Waals surface area (Å²) in [6.07, 6.45) is 1.91. The third-order valence-corrected chi connectivity index (χ3v) is 7.70. The molecule has 2 aromatic carbocycles. The van der Waals surface area contributed by atoms with Crippen molar-refractivity contribution in [3.05, 3.63) is 59.7 Å². The summed E-state index contributed by atoms with van der Waals surface area (Å²) < 4.78 is 31.1. The molecule has 1 aliphatic carbocycles. The van der Waals surface area contributed by atoms with Crippen LogP contribution in [0.4, 0.5) is 20.5 Å². The molecular weight excluding hydrogens is 506 g/mol. The Bertz CT molecular complexity index is 1570. The lowest BCUT2D eigenvalue weighted by molar-refractivity contribution is -0.129. The number of ketones is 1. The minimum absolute atomic E-state index is 0.0290. The predicted molar refractivity (Wildman–Crippen MR) is 142 cm³/mol. The summed E-state index contributed by atoms with van der Waals surface area (Å²) in [6.45, 7) is 7.85. The van der Waals surface area contributed by atoms with E-state index in [2.05, 4.69) is 16.9 Å². The zero-order chi connectivity index (χ0) is 27.4. The van der Waals surface area contributed by atoms with Crippen molar-refractivity contribution in [2.45, 2.75) is 19.4 Å². The third-order valence-electron chi connectivity index (χ3n) is 7.70. The number of piperazine rings is 1. The van der Waals surface area contributed by atoms with Gasteiger partial charge in [0.25, 0.3) is 0 Å². The van der Waals surface area contributed by atoms with E-state index in [0.717, 1.165) is 0 Å². The SMILES string of the molecule is C=CC(=O)N1CCC(Nc2nc(N3CCN(C(C)=O)CC3)c3cc4c(c(F)c3n2)-c2c(F)cccc2C4=O)C1. The number of anilines is 2. The second-order valence-corrected chi connectivity index (χ2v) is 9.98. The van der Waals surface area contributed by atoms with Gasteiger partial charge in [0, 0.05) is 79.9 Å². The van der Waals surface area contributed by atoms with Gasteiger partial charge in [-0.3, -0.25) is 14.4 Å². The van der Waals surface area contributed by atoms with E-state index in [-0.39, 0.29) is 51.6 Å². The maximum atomic E-state index is 16.3. The van der Waals surface area contributed by atoms with E-state index in [4.69, 9.17) is 4.98 Å². The molecule has 1 atom stereocenters. The van der Waals surface area contributed by atoms with E-state index in [0.29, 0.717) is 56.9 Å². The Labute approximate surface area is 223 Å². The van der Waals surface area contributed by atoms with Crippen LogP contribution in [-0.4, -0.2) is 82.7 Å². The zero-order valence-corrected chi connectivity index (χ0v) is 21.3. The molecule has 1 aromatic heterocycles. The average molecular weight is 533 g/mol. The highest BCUT2D eigenvalue weighted by atomic mass is 19.1. The van der Waals surface area contributed by atoms with Crippen LogP contribution >= 0.6 is 0 Å². The van der Waals surface area contributed by atoms with E-state index >= 15 is 4.39 Å². The summed E-state index contributed by atoms with van der Waals surface area (Å²) in [4.78, 5) is 51.6. The highest BCUT2D eigenvalue weighted by Gasteiger charge is 2.35. The van der Waals surface area contributed by atoms with Crippen LogP contribution in [0.15, 0.2) is 36.9 Å². The van der Waals surface area contributed by atoms with Crippen molar-refractivity contribution in [2.24, 2.45) is 0 Å². The molecule has 3 aliphatic rings. The van der Waals surface area contributed by atoms with Crippen LogP contribution in [-0.2, 0) is 9.59 Å². The summed E-state index contributed by atoms with van der Waals surface area (Å²) in [5.74, 6) is -1.52. The van der Waals surface area contributed by atoms with E-state index in [1.54, 1.807) is 15.9 Å². The van der Waals surface area contributed by atoms with Gasteiger partial charge >= 0.3 is 0 Å². The number of carbonyl (C=O) groups is 3. The van der Waals surface area contributed by atoms with Crippen LogP contribution < -0.4 is 10.2 Å². The smallest absolute Gasteiger partial charge is 0.246 e. The maximum absolute atomic E-state index is 16.3. The quantitative estimate of drug-likeness (QED) is 0.404. The minimum Gasteiger partial charge on any atom is -0.352 e. The van der Waals surface area contributed by atoms with Gasteiger partial charge in [0.1, 0.15) is 17.2 Å². The molecule has 9 nitrogen and oxygen atoms in total. The molecule has 39 heavy (non-hydrogen) atoms. The van der Waals surface area contributed by atoms with Gasteiger partial charge < -0.3 is 20.0 Å². The van der Waals surface area contributed by atoms with Crippen molar-refractivity contribution in [3.8, 4) is 11.1 Å². The Morgan fingerprint density at radius 2 is 1.82 bits per heavy atom. The highest BCUT2D eigenvalue weighted by Crippen LogP contribution is 2.44. The van der Waals surface area contributed by atoms with Crippen LogP contribution in [0.5, 0.6) is 0 Å². The Balaban J connectivity index is 1.46. The molecule has 0 bridgehead atoms. The first-order valence-corrected chi connectivity index (χ1v) is 12.8. The number of halogens is 2. The van der Waals surface area contributed by atoms with E-state index in [1.807, 2.05) is 4.90 Å². The minimum atomic E-state index is -0.788. The van der Waals surface area contributed by atoms with Gasteiger partial charge in [-0.15, -0.1) is 0 Å². The van der Waals surface area contributed by atoms with Crippen LogP contribution in [0.1, 0.15) is 29.3 Å². The molecule has 200 valence electrons. The third kappa shape index (κ3) is 4.08. The van der Waals surface area contributed by atoms with Crippen molar-refractivity contribution >= 4 is 40.3 Å². The van der Waals surface area contributed by atoms with E-state index < -0.39 is 17.4 Å². The van der Waals surface area contributed by atoms with Gasteiger partial charge in [-0.05, 0) is 24.6 Å². The molecule has 1 unspecified atom stereocenters. The van der Waals surface area contributed by atoms with E-state index in [9.17, 15) is 18.8 Å². The molecule has 3 aromatic rings. The number of rotatable bonds is 4. The molecule has 2 saturated heterocycles. The largest absolute Gasteiger partial charge is 0.352 e. The number of benzene rings is 2. The van der Waals surface area contributed by atoms with E-state index in [1.165, 1.54) is 31.2 Å². The number of nitrogens with one attached hydrogen (secondary N) is 1. The maximum Gasteiger partial charge on any atom is 0.246 e. The Hall–Kier alpha value is -4.41. The van der Waals surface area contributed by atoms with Crippen LogP contribution in [0.25, 0.3) is 22.0 Å². The molecule has 0 radical (unpaired) electrons. The fraction of sp³-hybridized carbons (Fsp3) is 0.321. The first-order chi connectivity index (χ1) is 18.8. The molecule has 0 spiro atoms. The number of likely N-dealkylation sites (tertiary alicyclic amines) is 1. The summed E-state index contributed by atoms with van der Waals surface area (Å²) >= 11 is 0. The van der Waals surface area contributed by atoms with Crippen molar-refractivity contribution in [1.29, 1.82) is 0 Å². The topological polar surface area (TPSA) is 98.7 Å². The summed E-state index contributed by atoms with van der Waals surface area (Å²) in [5, 5.41) is 3.57. The normalized spacial score (nSPS) is 18.4. The van der Waals surface area contributed by atoms with Crippen molar-refractivity contribution < 1.29 is 23.2 Å². The van der Waals surface area contributed by atoms with Gasteiger partial charge in [0.05, 0.1) is 0 Å². The Morgan fingerprint density at radius 1 is 1.05 bits per heavy atom. The first kappa shape index (κ1) is 24.9. The van der Waals surface area contributed by atoms with Gasteiger partial charge in [0.15, 0.2) is 11.6 Å². The predicted octanol–water partition coefficient (Wildman–Crippen LogP) is 2.99. The lowest BCUT2D eigenvalue weighted by Gasteiger charge is -2.35. The first-order valence-electron chi connectivity index (χ1n) is 12.8. The molecular formula is C28H26F2N6O3. The van der Waals surface area contributed by atoms with Crippen LogP contribution in [0, 0.1) is 11.6 Å². The number of amides is 2. The fourth-order valence-electron chi connectivity index (χ4n) is 5.68. The summed E-state index contributed by atoms with van der Waals surface area (Å²) in [5.41, 5.74) is -0.00381. The number of aromatic nitrogens is 2. The highest BCUT2D eigenvalue weighted by molar-refractivity contribution is 6.23. The van der Waals surface area contributed by atoms with Gasteiger partial charge in [-0.2, -0.15) is 4.98 Å². The average Bonchev–Trinajstić information content (AvgIpc) is 3.52. The molecule has 1 N–H and O–H groups in total. The number of carbonyl (C=O) groups excluding carboxylic acids is 3. The molecule has 0 saturated carbocycles. The van der Waals surface area contributed by atoms with Crippen molar-refractivity contribution in [2.75, 3.05) is 49.5 Å². The number of nitrogens with zero attached hydrogens (tertiary/aromatic N) is 5. The molecule has 3 heterocycles. The van der Waals surface area contributed by atoms with Gasteiger partial charge in [0.2, 0.25) is 17.8 Å². The van der Waals surface area contributed by atoms with Gasteiger partial charge in [-0.1, -0.05) is 18.7 Å². The summed E-state index contributed by atoms with van der Waals surface area (Å²) in [7, 11) is 0. The van der Waals surface area contributed by atoms with Crippen LogP contribution in [0.3, 0.4) is 0 Å². The molecule has 2 amide bonds. The van der Waals surface area contributed by atoms with Crippen molar-refractivity contribution in [3.63, 3.8) is 0 Å². The monoisotopic (exact) mass is 532 g/mol. The summed E-state index contributed by atoms with van der Waals surface area (Å²) in [6, 6.07) is 5.51. The lowest BCUT2D eigenvalue weighted by Crippen LogP contribution is -2.48. The number of fused-ring (bicyclic) bond motifs is 4. The fourth-order valence-corrected chi connectivity index (χ4v) is 5.68. The standard InChI is InChI=1S/C28H26F2N6O3/c1-3-21(38)36-8-7-16(14-36)31-28-32-25-19(27(33-28)35-11-9-34(10-12-35)15(2)37)13-18-23(24(25)30)22-17(26(18)39)5-4-6-20(22)29/h3-6,13,16H,1,7-12,14H2,2H3,(H,31,32,33). The molecule has 11 heteroatoms. The zero-order valence-electron chi connectivity index (χ0n) is 21.3. The Kier molecular flexibility index (Phi) is 6.00. The number of hydrogen-bond acceptors (Lipinski definition) is 7. The molecule has 6 rings (SSSR count). The molecule has 2 fully saturated rings. The second kappa shape index (κ2) is 9.40. The Morgan fingerprint density at radius 3 is 2.54 bits per heavy atom. The molecule has 2 aliphatic heterocycles. The van der Waals surface area contributed by atoms with Crippen LogP contribution in [0.2, 0.25) is 0 Å². The number of hydrogen-bond donors (Lipinski definition) is 1. The second-order valence-electron chi connectivity index (χ2n) is 9.98. The lowest BCUT2D eigenvalue weighted by atomic mass is 10.0. The van der Waals surface area contributed by atoms with Crippen molar-refractivity contribution in [1.82, 2.24) is 19.8 Å². The van der Waals surface area contributed by atoms with Gasteiger partial charge in [-0.25, -0.2) is 13.8 Å².